The van der Waals surface area contributed by atoms with Gasteiger partial charge in [-0.3, -0.25) is 13.9 Å². The lowest BCUT2D eigenvalue weighted by molar-refractivity contribution is -0.139. The Balaban J connectivity index is 2.09. The highest BCUT2D eigenvalue weighted by molar-refractivity contribution is 7.98. The maximum absolute atomic E-state index is 14.1. The molecule has 11 heteroatoms. The van der Waals surface area contributed by atoms with Crippen LogP contribution in [0.3, 0.4) is 0 Å². The molecule has 0 spiro atoms. The van der Waals surface area contributed by atoms with Crippen LogP contribution in [0.2, 0.25) is 5.02 Å². The summed E-state index contributed by atoms with van der Waals surface area (Å²) in [5.74, 6) is -0.620. The lowest BCUT2D eigenvalue weighted by atomic mass is 10.1. The molecule has 3 rings (SSSR count). The molecule has 0 saturated heterocycles. The topological polar surface area (TPSA) is 96.0 Å². The smallest absolute Gasteiger partial charge is 0.264 e. The number of halogens is 1. The number of anilines is 1. The van der Waals surface area contributed by atoms with Gasteiger partial charge in [0.1, 0.15) is 18.3 Å². The zero-order chi connectivity index (χ0) is 29.3. The number of hydrogen-bond acceptors (Lipinski definition) is 6. The molecule has 8 nitrogen and oxygen atoms in total. The fourth-order valence-electron chi connectivity index (χ4n) is 4.04. The average Bonchev–Trinajstić information content (AvgIpc) is 2.95. The van der Waals surface area contributed by atoms with Crippen LogP contribution in [0.15, 0.2) is 82.6 Å². The molecule has 0 heterocycles. The van der Waals surface area contributed by atoms with Crippen LogP contribution >= 0.6 is 23.4 Å². The third-order valence-corrected chi connectivity index (χ3v) is 9.06. The van der Waals surface area contributed by atoms with Gasteiger partial charge in [0.25, 0.3) is 10.0 Å². The Morgan fingerprint density at radius 2 is 1.65 bits per heavy atom. The molecule has 0 bridgehead atoms. The molecule has 0 aromatic heterocycles. The summed E-state index contributed by atoms with van der Waals surface area (Å²) in [5, 5.41) is 3.17. The third kappa shape index (κ3) is 7.50. The molecular weight excluding hydrogens is 570 g/mol. The predicted molar refractivity (Wildman–Crippen MR) is 161 cm³/mol. The van der Waals surface area contributed by atoms with Crippen molar-refractivity contribution in [3.63, 3.8) is 0 Å². The maximum atomic E-state index is 14.1. The number of carbonyl (C=O) groups excluding carboxylic acids is 2. The van der Waals surface area contributed by atoms with Crippen LogP contribution in [0, 0.1) is 0 Å². The zero-order valence-electron chi connectivity index (χ0n) is 23.0. The van der Waals surface area contributed by atoms with Crippen molar-refractivity contribution in [1.82, 2.24) is 10.2 Å². The van der Waals surface area contributed by atoms with Gasteiger partial charge in [-0.15, -0.1) is 11.8 Å². The second-order valence-electron chi connectivity index (χ2n) is 8.77. The van der Waals surface area contributed by atoms with Crippen LogP contribution in [0.4, 0.5) is 5.69 Å². The minimum Gasteiger partial charge on any atom is -0.492 e. The van der Waals surface area contributed by atoms with Crippen LogP contribution in [-0.2, 0) is 26.2 Å². The summed E-state index contributed by atoms with van der Waals surface area (Å²) in [6.45, 7) is 5.31. The van der Waals surface area contributed by atoms with Crippen molar-refractivity contribution < 1.29 is 22.7 Å². The summed E-state index contributed by atoms with van der Waals surface area (Å²) in [6, 6.07) is 19.2. The number of nitrogens with one attached hydrogen (secondary N) is 1. The normalized spacial score (nSPS) is 11.9. The third-order valence-electron chi connectivity index (χ3n) is 6.18. The Labute approximate surface area is 245 Å². The van der Waals surface area contributed by atoms with E-state index in [1.54, 1.807) is 81.4 Å². The first-order valence-corrected chi connectivity index (χ1v) is 15.9. The lowest BCUT2D eigenvalue weighted by Gasteiger charge is -2.32. The number of amides is 2. The van der Waals surface area contributed by atoms with Gasteiger partial charge < -0.3 is 15.0 Å². The lowest BCUT2D eigenvalue weighted by Crippen LogP contribution is -2.51. The van der Waals surface area contributed by atoms with Gasteiger partial charge in [-0.2, -0.15) is 0 Å². The average molecular weight is 604 g/mol. The van der Waals surface area contributed by atoms with Crippen molar-refractivity contribution in [1.29, 1.82) is 0 Å². The van der Waals surface area contributed by atoms with Gasteiger partial charge in [-0.1, -0.05) is 41.9 Å². The van der Waals surface area contributed by atoms with E-state index in [-0.39, 0.29) is 23.0 Å². The molecule has 0 fully saturated rings. The number of carbonyl (C=O) groups is 2. The Bertz CT molecular complexity index is 1420. The second-order valence-corrected chi connectivity index (χ2v) is 11.9. The van der Waals surface area contributed by atoms with Gasteiger partial charge in [0.05, 0.1) is 17.2 Å². The SMILES string of the molecule is CCNC(=O)[C@@H](C)N(Cc1ccccc1Cl)C(=O)CN(c1ccccc1OCC)S(=O)(=O)c1ccc(SC)cc1. The van der Waals surface area contributed by atoms with E-state index in [1.165, 1.54) is 28.8 Å². The molecule has 1 atom stereocenters. The number of sulfonamides is 1. The minimum atomic E-state index is -4.22. The molecular formula is C29H34ClN3O5S2. The summed E-state index contributed by atoms with van der Waals surface area (Å²) in [5.41, 5.74) is 0.848. The van der Waals surface area contributed by atoms with Crippen molar-refractivity contribution in [3.8, 4) is 5.75 Å². The molecule has 2 amide bonds. The van der Waals surface area contributed by atoms with Crippen LogP contribution in [-0.4, -0.2) is 57.1 Å². The molecule has 3 aromatic carbocycles. The molecule has 0 aliphatic carbocycles. The fraction of sp³-hybridized carbons (Fsp3) is 0.310. The minimum absolute atomic E-state index is 0.0141. The van der Waals surface area contributed by atoms with E-state index in [0.717, 1.165) is 9.20 Å². The highest BCUT2D eigenvalue weighted by Gasteiger charge is 2.34. The highest BCUT2D eigenvalue weighted by Crippen LogP contribution is 2.33. The van der Waals surface area contributed by atoms with E-state index < -0.39 is 28.5 Å². The van der Waals surface area contributed by atoms with E-state index in [4.69, 9.17) is 16.3 Å². The van der Waals surface area contributed by atoms with Crippen molar-refractivity contribution in [3.05, 3.63) is 83.4 Å². The van der Waals surface area contributed by atoms with E-state index >= 15 is 0 Å². The first kappa shape index (κ1) is 31.3. The number of hydrogen-bond donors (Lipinski definition) is 1. The van der Waals surface area contributed by atoms with Gasteiger partial charge in [0.2, 0.25) is 11.8 Å². The summed E-state index contributed by atoms with van der Waals surface area (Å²) >= 11 is 7.88. The molecule has 40 heavy (non-hydrogen) atoms. The first-order valence-electron chi connectivity index (χ1n) is 12.8. The van der Waals surface area contributed by atoms with Gasteiger partial charge in [0, 0.05) is 23.0 Å². The van der Waals surface area contributed by atoms with Gasteiger partial charge in [0.15, 0.2) is 0 Å². The molecule has 0 radical (unpaired) electrons. The van der Waals surface area contributed by atoms with E-state index in [9.17, 15) is 18.0 Å². The van der Waals surface area contributed by atoms with Gasteiger partial charge >= 0.3 is 0 Å². The summed E-state index contributed by atoms with van der Waals surface area (Å²) in [4.78, 5) is 29.1. The first-order chi connectivity index (χ1) is 19.1. The maximum Gasteiger partial charge on any atom is 0.264 e. The summed E-state index contributed by atoms with van der Waals surface area (Å²) < 4.78 is 34.9. The van der Waals surface area contributed by atoms with Crippen LogP contribution in [0.5, 0.6) is 5.75 Å². The number of likely N-dealkylation sites (N-methyl/N-ethyl adjacent to an activating group) is 1. The van der Waals surface area contributed by atoms with Crippen LogP contribution < -0.4 is 14.4 Å². The van der Waals surface area contributed by atoms with Crippen molar-refractivity contribution in [2.75, 3.05) is 30.3 Å². The van der Waals surface area contributed by atoms with E-state index in [2.05, 4.69) is 5.32 Å². The highest BCUT2D eigenvalue weighted by atomic mass is 35.5. The van der Waals surface area contributed by atoms with Gasteiger partial charge in [-0.25, -0.2) is 8.42 Å². The number of thioether (sulfide) groups is 1. The number of ether oxygens (including phenoxy) is 1. The Morgan fingerprint density at radius 1 is 1.00 bits per heavy atom. The molecule has 3 aromatic rings. The molecule has 1 N–H and O–H groups in total. The number of para-hydroxylation sites is 2. The standard InChI is InChI=1S/C29H34ClN3O5S2/c1-5-31-29(35)21(3)32(19-22-11-7-8-12-25(22)30)28(34)20-33(26-13-9-10-14-27(26)38-6-2)40(36,37)24-17-15-23(39-4)16-18-24/h7-18,21H,5-6,19-20H2,1-4H3,(H,31,35)/t21-/m1/s1. The molecule has 0 aliphatic heterocycles. The predicted octanol–water partition coefficient (Wildman–Crippen LogP) is 5.21. The van der Waals surface area contributed by atoms with E-state index in [0.29, 0.717) is 29.5 Å². The van der Waals surface area contributed by atoms with Crippen LogP contribution in [0.1, 0.15) is 26.3 Å². The van der Waals surface area contributed by atoms with Crippen molar-refractivity contribution in [2.45, 2.75) is 43.1 Å². The molecule has 0 saturated carbocycles. The zero-order valence-corrected chi connectivity index (χ0v) is 25.4. The Hall–Kier alpha value is -3.21. The van der Waals surface area contributed by atoms with Crippen molar-refractivity contribution >= 4 is 50.9 Å². The number of nitrogens with zero attached hydrogens (tertiary/aromatic N) is 2. The van der Waals surface area contributed by atoms with Crippen LogP contribution in [0.25, 0.3) is 0 Å². The summed E-state index contributed by atoms with van der Waals surface area (Å²) in [7, 11) is -4.22. The second kappa shape index (κ2) is 14.4. The quantitative estimate of drug-likeness (QED) is 0.270. The summed E-state index contributed by atoms with van der Waals surface area (Å²) in [6.07, 6.45) is 1.90. The molecule has 0 aliphatic rings. The largest absolute Gasteiger partial charge is 0.492 e. The number of benzene rings is 3. The molecule has 214 valence electrons. The Kier molecular flexibility index (Phi) is 11.3. The van der Waals surface area contributed by atoms with Gasteiger partial charge in [-0.05, 0) is 75.1 Å². The monoisotopic (exact) mass is 603 g/mol. The Morgan fingerprint density at radius 3 is 2.27 bits per heavy atom. The number of rotatable bonds is 13. The van der Waals surface area contributed by atoms with E-state index in [1.807, 2.05) is 6.26 Å². The molecule has 0 unspecified atom stereocenters. The fourth-order valence-corrected chi connectivity index (χ4v) is 6.07. The van der Waals surface area contributed by atoms with Crippen molar-refractivity contribution in [2.24, 2.45) is 0 Å².